The molecule has 78 valence electrons. The summed E-state index contributed by atoms with van der Waals surface area (Å²) in [6, 6.07) is 0. The number of rotatable bonds is 0. The SMILES string of the molecule is NC1=CCCC/C=C(\C(F)(F)F)C=N1. The highest BCUT2D eigenvalue weighted by atomic mass is 19.4. The van der Waals surface area contributed by atoms with E-state index in [1.54, 1.807) is 6.08 Å². The molecule has 0 saturated carbocycles. The lowest BCUT2D eigenvalue weighted by Gasteiger charge is -2.05. The number of aliphatic imine (C=N–C) groups is 1. The van der Waals surface area contributed by atoms with Crippen LogP contribution in [-0.4, -0.2) is 12.4 Å². The predicted octanol–water partition coefficient (Wildman–Crippen LogP) is 2.53. The molecule has 0 radical (unpaired) electrons. The van der Waals surface area contributed by atoms with Crippen molar-refractivity contribution in [1.29, 1.82) is 0 Å². The molecule has 0 amide bonds. The molecule has 0 saturated heterocycles. The molecule has 5 heteroatoms. The molecule has 0 bridgehead atoms. The average molecular weight is 204 g/mol. The van der Waals surface area contributed by atoms with Gasteiger partial charge in [0.1, 0.15) is 5.82 Å². The Morgan fingerprint density at radius 1 is 1.21 bits per heavy atom. The first-order valence-electron chi connectivity index (χ1n) is 4.27. The fourth-order valence-electron chi connectivity index (χ4n) is 1.06. The highest BCUT2D eigenvalue weighted by molar-refractivity contribution is 5.81. The first kappa shape index (κ1) is 10.8. The van der Waals surface area contributed by atoms with E-state index in [1.807, 2.05) is 0 Å². The first-order chi connectivity index (χ1) is 6.50. The maximum atomic E-state index is 12.3. The van der Waals surface area contributed by atoms with E-state index in [2.05, 4.69) is 4.99 Å². The standard InChI is InChI=1S/C9H11F3N2/c10-9(11,12)7-4-2-1-3-5-8(13)14-6-7/h4-6H,1-3,13H2/b7-4-,8-5?,14-6?. The van der Waals surface area contributed by atoms with E-state index >= 15 is 0 Å². The van der Waals surface area contributed by atoms with Gasteiger partial charge in [-0.1, -0.05) is 6.08 Å². The van der Waals surface area contributed by atoms with Crippen molar-refractivity contribution in [2.45, 2.75) is 25.4 Å². The normalized spacial score (nSPS) is 22.8. The van der Waals surface area contributed by atoms with E-state index in [-0.39, 0.29) is 5.82 Å². The predicted molar refractivity (Wildman–Crippen MR) is 48.8 cm³/mol. The second-order valence-electron chi connectivity index (χ2n) is 2.98. The summed E-state index contributed by atoms with van der Waals surface area (Å²) in [4.78, 5) is 3.52. The monoisotopic (exact) mass is 204 g/mol. The number of allylic oxidation sites excluding steroid dienone is 3. The van der Waals surface area contributed by atoms with Gasteiger partial charge in [-0.05, 0) is 25.3 Å². The Labute approximate surface area is 80.0 Å². The number of alkyl halides is 3. The molecule has 1 heterocycles. The van der Waals surface area contributed by atoms with Crippen LogP contribution >= 0.6 is 0 Å². The second kappa shape index (κ2) is 4.30. The van der Waals surface area contributed by atoms with Gasteiger partial charge >= 0.3 is 6.18 Å². The van der Waals surface area contributed by atoms with Crippen molar-refractivity contribution < 1.29 is 13.2 Å². The number of hydrogen-bond donors (Lipinski definition) is 1. The molecule has 0 unspecified atom stereocenters. The molecule has 2 N–H and O–H groups in total. The first-order valence-corrected chi connectivity index (χ1v) is 4.27. The molecule has 14 heavy (non-hydrogen) atoms. The zero-order valence-corrected chi connectivity index (χ0v) is 7.51. The van der Waals surface area contributed by atoms with Crippen LogP contribution in [0.15, 0.2) is 28.5 Å². The number of nitrogens with zero attached hydrogens (tertiary/aromatic N) is 1. The van der Waals surface area contributed by atoms with E-state index in [9.17, 15) is 13.2 Å². The van der Waals surface area contributed by atoms with Crippen LogP contribution in [0.4, 0.5) is 13.2 Å². The summed E-state index contributed by atoms with van der Waals surface area (Å²) in [6.45, 7) is 0. The summed E-state index contributed by atoms with van der Waals surface area (Å²) in [5, 5.41) is 0. The third kappa shape index (κ3) is 3.24. The van der Waals surface area contributed by atoms with Gasteiger partial charge in [0.2, 0.25) is 0 Å². The lowest BCUT2D eigenvalue weighted by molar-refractivity contribution is -0.0858. The van der Waals surface area contributed by atoms with E-state index < -0.39 is 11.7 Å². The van der Waals surface area contributed by atoms with Crippen molar-refractivity contribution >= 4 is 6.21 Å². The zero-order chi connectivity index (χ0) is 10.6. The number of hydrogen-bond acceptors (Lipinski definition) is 2. The van der Waals surface area contributed by atoms with Crippen LogP contribution in [0, 0.1) is 0 Å². The fraction of sp³-hybridized carbons (Fsp3) is 0.444. The van der Waals surface area contributed by atoms with Gasteiger partial charge in [-0.25, -0.2) is 4.99 Å². The van der Waals surface area contributed by atoms with Gasteiger partial charge in [-0.3, -0.25) is 0 Å². The molecule has 1 rings (SSSR count). The Kier molecular flexibility index (Phi) is 3.33. The average Bonchev–Trinajstić information content (AvgIpc) is 2.15. The number of halogens is 3. The molecule has 0 aliphatic carbocycles. The van der Waals surface area contributed by atoms with Gasteiger partial charge in [-0.15, -0.1) is 0 Å². The van der Waals surface area contributed by atoms with Gasteiger partial charge in [-0.2, -0.15) is 13.2 Å². The largest absolute Gasteiger partial charge is 0.417 e. The van der Waals surface area contributed by atoms with E-state index in [4.69, 9.17) is 5.73 Å². The van der Waals surface area contributed by atoms with Crippen LogP contribution in [-0.2, 0) is 0 Å². The second-order valence-corrected chi connectivity index (χ2v) is 2.98. The minimum atomic E-state index is -4.34. The lowest BCUT2D eigenvalue weighted by Crippen LogP contribution is -2.13. The van der Waals surface area contributed by atoms with Crippen molar-refractivity contribution in [3.05, 3.63) is 23.5 Å². The Morgan fingerprint density at radius 3 is 2.50 bits per heavy atom. The molecule has 0 spiro atoms. The smallest absolute Gasteiger partial charge is 0.384 e. The summed E-state index contributed by atoms with van der Waals surface area (Å²) in [5.41, 5.74) is 4.62. The minimum absolute atomic E-state index is 0.141. The molecule has 0 aromatic rings. The van der Waals surface area contributed by atoms with E-state index in [0.717, 1.165) is 12.3 Å². The third-order valence-corrected chi connectivity index (χ3v) is 1.81. The molecule has 0 fully saturated rings. The summed E-state index contributed by atoms with van der Waals surface area (Å²) >= 11 is 0. The minimum Gasteiger partial charge on any atom is -0.384 e. The molecule has 2 nitrogen and oxygen atoms in total. The quantitative estimate of drug-likeness (QED) is 0.647. The van der Waals surface area contributed by atoms with Crippen LogP contribution in [0.3, 0.4) is 0 Å². The van der Waals surface area contributed by atoms with Crippen LogP contribution in [0.5, 0.6) is 0 Å². The highest BCUT2D eigenvalue weighted by Crippen LogP contribution is 2.25. The topological polar surface area (TPSA) is 38.4 Å². The zero-order valence-electron chi connectivity index (χ0n) is 7.51. The molecule has 0 aromatic carbocycles. The van der Waals surface area contributed by atoms with Crippen LogP contribution in [0.1, 0.15) is 19.3 Å². The highest BCUT2D eigenvalue weighted by Gasteiger charge is 2.32. The Hall–Kier alpha value is -1.26. The van der Waals surface area contributed by atoms with Crippen LogP contribution in [0.2, 0.25) is 0 Å². The van der Waals surface area contributed by atoms with Crippen molar-refractivity contribution in [2.75, 3.05) is 0 Å². The van der Waals surface area contributed by atoms with Gasteiger partial charge in [0.25, 0.3) is 0 Å². The molecule has 0 aromatic heterocycles. The Bertz CT molecular complexity index is 287. The molecule has 1 aliphatic heterocycles. The van der Waals surface area contributed by atoms with Gasteiger partial charge in [0.05, 0.1) is 5.57 Å². The fourth-order valence-corrected chi connectivity index (χ4v) is 1.06. The summed E-state index contributed by atoms with van der Waals surface area (Å²) < 4.78 is 36.9. The maximum Gasteiger partial charge on any atom is 0.417 e. The summed E-state index contributed by atoms with van der Waals surface area (Å²) in [7, 11) is 0. The van der Waals surface area contributed by atoms with Crippen molar-refractivity contribution in [1.82, 2.24) is 0 Å². The molecule has 1 aliphatic rings. The van der Waals surface area contributed by atoms with E-state index in [1.165, 1.54) is 0 Å². The van der Waals surface area contributed by atoms with E-state index in [0.29, 0.717) is 19.3 Å². The van der Waals surface area contributed by atoms with Crippen LogP contribution < -0.4 is 5.73 Å². The van der Waals surface area contributed by atoms with Crippen molar-refractivity contribution in [3.63, 3.8) is 0 Å². The Morgan fingerprint density at radius 2 is 1.86 bits per heavy atom. The molecular weight excluding hydrogens is 193 g/mol. The third-order valence-electron chi connectivity index (χ3n) is 1.81. The lowest BCUT2D eigenvalue weighted by atomic mass is 10.1. The summed E-state index contributed by atoms with van der Waals surface area (Å²) in [6.07, 6.45) is 0.921. The van der Waals surface area contributed by atoms with Crippen molar-refractivity contribution in [3.8, 4) is 0 Å². The maximum absolute atomic E-state index is 12.3. The van der Waals surface area contributed by atoms with Gasteiger partial charge in [0, 0.05) is 6.21 Å². The summed E-state index contributed by atoms with van der Waals surface area (Å²) in [5.74, 6) is 0.141. The van der Waals surface area contributed by atoms with Crippen molar-refractivity contribution in [2.24, 2.45) is 10.7 Å². The van der Waals surface area contributed by atoms with Gasteiger partial charge in [0.15, 0.2) is 0 Å². The van der Waals surface area contributed by atoms with Gasteiger partial charge < -0.3 is 5.73 Å². The molecular formula is C9H11F3N2. The Balaban J connectivity index is 2.89. The van der Waals surface area contributed by atoms with Crippen LogP contribution in [0.25, 0.3) is 0 Å². The molecule has 0 atom stereocenters. The number of nitrogens with two attached hydrogens (primary N) is 1.